The first kappa shape index (κ1) is 26.1. The summed E-state index contributed by atoms with van der Waals surface area (Å²) in [6, 6.07) is 15.0. The third-order valence-electron chi connectivity index (χ3n) is 6.60. The van der Waals surface area contributed by atoms with E-state index in [0.29, 0.717) is 65.4 Å². The third kappa shape index (κ3) is 5.24. The zero-order valence-electron chi connectivity index (χ0n) is 20.6. The van der Waals surface area contributed by atoms with E-state index in [-0.39, 0.29) is 11.2 Å². The summed E-state index contributed by atoms with van der Waals surface area (Å²) in [4.78, 5) is 15.4. The van der Waals surface area contributed by atoms with E-state index in [1.54, 1.807) is 31.4 Å². The van der Waals surface area contributed by atoms with Crippen molar-refractivity contribution in [3.05, 3.63) is 86.3 Å². The number of halogens is 2. The molecular formula is C28H29Cl2N3O3. The maximum absolute atomic E-state index is 13.5. The van der Waals surface area contributed by atoms with E-state index in [0.717, 1.165) is 16.8 Å². The number of hydrogen-bond acceptors (Lipinski definition) is 6. The minimum Gasteiger partial charge on any atom is -0.487 e. The van der Waals surface area contributed by atoms with Gasteiger partial charge in [0.05, 0.1) is 29.2 Å². The first-order chi connectivity index (χ1) is 17.1. The number of carbonyl (C=O) groups excluding carboxylic acids is 1. The molecule has 0 unspecified atom stereocenters. The number of rotatable bonds is 7. The largest absolute Gasteiger partial charge is 0.487 e. The lowest BCUT2D eigenvalue weighted by molar-refractivity contribution is -0.118. The zero-order chi connectivity index (χ0) is 26.0. The zero-order valence-corrected chi connectivity index (χ0v) is 22.1. The quantitative estimate of drug-likeness (QED) is 0.479. The highest BCUT2D eigenvalue weighted by molar-refractivity contribution is 6.32. The number of allylic oxidation sites excluding steroid dienone is 3. The fourth-order valence-electron chi connectivity index (χ4n) is 4.90. The van der Waals surface area contributed by atoms with Gasteiger partial charge < -0.3 is 20.1 Å². The molecule has 0 spiro atoms. The SMILES string of the molecule is COCCN1C(N)=C(C#N)[C@H](c2ccc(OCc3ccc(Cl)cc3)c(Cl)c2)C2=C1CC(C)(C)CC2=O. The van der Waals surface area contributed by atoms with Crippen molar-refractivity contribution in [3.63, 3.8) is 0 Å². The van der Waals surface area contributed by atoms with Crippen LogP contribution in [0.2, 0.25) is 10.0 Å². The lowest BCUT2D eigenvalue weighted by Gasteiger charge is -2.43. The van der Waals surface area contributed by atoms with Crippen LogP contribution in [-0.2, 0) is 16.1 Å². The molecule has 0 saturated heterocycles. The van der Waals surface area contributed by atoms with E-state index >= 15 is 0 Å². The first-order valence-corrected chi connectivity index (χ1v) is 12.5. The van der Waals surface area contributed by atoms with Gasteiger partial charge in [-0.25, -0.2) is 0 Å². The summed E-state index contributed by atoms with van der Waals surface area (Å²) >= 11 is 12.6. The van der Waals surface area contributed by atoms with Gasteiger partial charge >= 0.3 is 0 Å². The Labute approximate surface area is 221 Å². The molecule has 0 radical (unpaired) electrons. The molecule has 2 aromatic rings. The molecule has 0 saturated carbocycles. The van der Waals surface area contributed by atoms with Crippen LogP contribution in [0.4, 0.5) is 0 Å². The van der Waals surface area contributed by atoms with Gasteiger partial charge in [-0.05, 0) is 47.2 Å². The maximum Gasteiger partial charge on any atom is 0.162 e. The van der Waals surface area contributed by atoms with E-state index < -0.39 is 5.92 Å². The Kier molecular flexibility index (Phi) is 7.65. The number of hydrogen-bond donors (Lipinski definition) is 1. The number of ketones is 1. The summed E-state index contributed by atoms with van der Waals surface area (Å²) in [5.41, 5.74) is 9.82. The summed E-state index contributed by atoms with van der Waals surface area (Å²) < 4.78 is 11.2. The van der Waals surface area contributed by atoms with Crippen molar-refractivity contribution in [2.75, 3.05) is 20.3 Å². The Balaban J connectivity index is 1.71. The van der Waals surface area contributed by atoms with Gasteiger partial charge in [-0.2, -0.15) is 5.26 Å². The molecule has 1 aliphatic heterocycles. The fraction of sp³-hybridized carbons (Fsp3) is 0.357. The Hall–Kier alpha value is -2.98. The van der Waals surface area contributed by atoms with E-state index in [1.165, 1.54) is 0 Å². The molecule has 0 fully saturated rings. The van der Waals surface area contributed by atoms with E-state index in [9.17, 15) is 10.1 Å². The normalized spacial score (nSPS) is 19.3. The van der Waals surface area contributed by atoms with Crippen molar-refractivity contribution < 1.29 is 14.3 Å². The van der Waals surface area contributed by atoms with Crippen LogP contribution in [0.5, 0.6) is 5.75 Å². The summed E-state index contributed by atoms with van der Waals surface area (Å²) in [6.07, 6.45) is 1.07. The topological polar surface area (TPSA) is 88.6 Å². The van der Waals surface area contributed by atoms with Crippen LogP contribution in [0.3, 0.4) is 0 Å². The lowest BCUT2D eigenvalue weighted by atomic mass is 9.68. The summed E-state index contributed by atoms with van der Waals surface area (Å²) in [6.45, 7) is 5.35. The Morgan fingerprint density at radius 3 is 2.53 bits per heavy atom. The molecule has 1 heterocycles. The van der Waals surface area contributed by atoms with Crippen LogP contribution in [0.15, 0.2) is 65.1 Å². The van der Waals surface area contributed by atoms with E-state index in [2.05, 4.69) is 19.9 Å². The molecule has 188 valence electrons. The number of Topliss-reactive ketones (excluding diaryl/α,β-unsaturated/α-hetero) is 1. The highest BCUT2D eigenvalue weighted by Gasteiger charge is 2.44. The summed E-state index contributed by atoms with van der Waals surface area (Å²) in [7, 11) is 1.61. The average molecular weight is 526 g/mol. The predicted molar refractivity (Wildman–Crippen MR) is 140 cm³/mol. The summed E-state index contributed by atoms with van der Waals surface area (Å²) in [5.74, 6) is 0.292. The third-order valence-corrected chi connectivity index (χ3v) is 7.15. The molecule has 2 aromatic carbocycles. The number of benzene rings is 2. The molecule has 1 aliphatic carbocycles. The standard InChI is InChI=1S/C28H29Cl2N3O3/c1-28(2)13-22-26(23(34)14-28)25(20(15-31)27(32)33(22)10-11-35-3)18-6-9-24(21(30)12-18)36-16-17-4-7-19(29)8-5-17/h4-9,12,25H,10-11,13-14,16,32H2,1-3H3/t25-/m0/s1. The molecular weight excluding hydrogens is 497 g/mol. The smallest absolute Gasteiger partial charge is 0.162 e. The molecule has 1 atom stereocenters. The molecule has 0 aromatic heterocycles. The van der Waals surface area contributed by atoms with Gasteiger partial charge in [0.1, 0.15) is 18.2 Å². The number of nitrogens with zero attached hydrogens (tertiary/aromatic N) is 2. The monoisotopic (exact) mass is 525 g/mol. The lowest BCUT2D eigenvalue weighted by Crippen LogP contribution is -2.43. The van der Waals surface area contributed by atoms with Crippen LogP contribution < -0.4 is 10.5 Å². The minimum atomic E-state index is -0.588. The number of nitriles is 1. The van der Waals surface area contributed by atoms with Crippen LogP contribution in [-0.4, -0.2) is 30.9 Å². The minimum absolute atomic E-state index is 0.0214. The Bertz CT molecular complexity index is 1280. The average Bonchev–Trinajstić information content (AvgIpc) is 2.82. The van der Waals surface area contributed by atoms with Crippen molar-refractivity contribution in [3.8, 4) is 11.8 Å². The van der Waals surface area contributed by atoms with Crippen LogP contribution in [0, 0.1) is 16.7 Å². The van der Waals surface area contributed by atoms with Crippen molar-refractivity contribution in [2.45, 2.75) is 39.2 Å². The van der Waals surface area contributed by atoms with Crippen LogP contribution in [0.1, 0.15) is 43.7 Å². The number of carbonyl (C=O) groups is 1. The second-order valence-corrected chi connectivity index (χ2v) is 10.7. The number of nitrogens with two attached hydrogens (primary N) is 1. The van der Waals surface area contributed by atoms with Crippen LogP contribution >= 0.6 is 23.2 Å². The van der Waals surface area contributed by atoms with Crippen LogP contribution in [0.25, 0.3) is 0 Å². The molecule has 4 rings (SSSR count). The van der Waals surface area contributed by atoms with Gasteiger partial charge in [-0.1, -0.05) is 55.2 Å². The second kappa shape index (κ2) is 10.6. The Morgan fingerprint density at radius 2 is 1.89 bits per heavy atom. The van der Waals surface area contributed by atoms with Crippen molar-refractivity contribution in [1.82, 2.24) is 4.90 Å². The number of methoxy groups -OCH3 is 1. The Morgan fingerprint density at radius 1 is 1.17 bits per heavy atom. The highest BCUT2D eigenvalue weighted by atomic mass is 35.5. The van der Waals surface area contributed by atoms with Gasteiger partial charge in [0.25, 0.3) is 0 Å². The molecule has 8 heteroatoms. The highest BCUT2D eigenvalue weighted by Crippen LogP contribution is 2.49. The van der Waals surface area contributed by atoms with Gasteiger partial charge in [-0.15, -0.1) is 0 Å². The molecule has 36 heavy (non-hydrogen) atoms. The molecule has 2 N–H and O–H groups in total. The van der Waals surface area contributed by atoms with Gasteiger partial charge in [0, 0.05) is 36.4 Å². The molecule has 2 aliphatic rings. The predicted octanol–water partition coefficient (Wildman–Crippen LogP) is 5.96. The second-order valence-electron chi connectivity index (χ2n) is 9.89. The maximum atomic E-state index is 13.5. The van der Waals surface area contributed by atoms with Crippen molar-refractivity contribution >= 4 is 29.0 Å². The van der Waals surface area contributed by atoms with E-state index in [4.69, 9.17) is 38.4 Å². The van der Waals surface area contributed by atoms with Gasteiger partial charge in [-0.3, -0.25) is 4.79 Å². The van der Waals surface area contributed by atoms with Gasteiger partial charge in [0.15, 0.2) is 5.78 Å². The first-order valence-electron chi connectivity index (χ1n) is 11.7. The molecule has 0 amide bonds. The van der Waals surface area contributed by atoms with Gasteiger partial charge in [0.2, 0.25) is 0 Å². The van der Waals surface area contributed by atoms with Crippen molar-refractivity contribution in [1.29, 1.82) is 5.26 Å². The van der Waals surface area contributed by atoms with E-state index in [1.807, 2.05) is 23.1 Å². The molecule has 0 bridgehead atoms. The number of ether oxygens (including phenoxy) is 2. The molecule has 6 nitrogen and oxygen atoms in total. The summed E-state index contributed by atoms with van der Waals surface area (Å²) in [5, 5.41) is 11.2. The van der Waals surface area contributed by atoms with Crippen molar-refractivity contribution in [2.24, 2.45) is 11.1 Å². The fourth-order valence-corrected chi connectivity index (χ4v) is 5.27.